The highest BCUT2D eigenvalue weighted by molar-refractivity contribution is 5.87. The van der Waals surface area contributed by atoms with E-state index in [0.29, 0.717) is 41.8 Å². The van der Waals surface area contributed by atoms with Crippen molar-refractivity contribution in [3.63, 3.8) is 0 Å². The third kappa shape index (κ3) is 1.71. The van der Waals surface area contributed by atoms with Gasteiger partial charge < -0.3 is 10.2 Å². The van der Waals surface area contributed by atoms with Crippen molar-refractivity contribution < 1.29 is 15.0 Å². The van der Waals surface area contributed by atoms with Gasteiger partial charge in [-0.1, -0.05) is 13.8 Å². The van der Waals surface area contributed by atoms with Crippen LogP contribution < -0.4 is 0 Å². The normalized spacial score (nSPS) is 63.7. The lowest BCUT2D eigenvalue weighted by Gasteiger charge is -2.61. The van der Waals surface area contributed by atoms with Gasteiger partial charge in [0.1, 0.15) is 5.78 Å². The first-order valence-corrected chi connectivity index (χ1v) is 9.72. The molecule has 0 heterocycles. The molecule has 5 rings (SSSR count). The summed E-state index contributed by atoms with van der Waals surface area (Å²) in [5.41, 5.74) is -0.462. The van der Waals surface area contributed by atoms with Gasteiger partial charge in [-0.3, -0.25) is 4.79 Å². The molecule has 0 aliphatic heterocycles. The Morgan fingerprint density at radius 3 is 2.52 bits per heavy atom. The van der Waals surface area contributed by atoms with E-state index in [1.54, 1.807) is 0 Å². The Kier molecular flexibility index (Phi) is 2.73. The molecule has 0 aromatic rings. The molecule has 0 spiro atoms. The molecule has 0 saturated heterocycles. The smallest absolute Gasteiger partial charge is 0.139 e. The largest absolute Gasteiger partial charge is 0.393 e. The molecule has 5 fully saturated rings. The average molecular weight is 318 g/mol. The summed E-state index contributed by atoms with van der Waals surface area (Å²) >= 11 is 0. The van der Waals surface area contributed by atoms with Crippen LogP contribution in [0.3, 0.4) is 0 Å². The minimum absolute atomic E-state index is 0.169. The van der Waals surface area contributed by atoms with E-state index in [0.717, 1.165) is 38.5 Å². The molecular formula is C20H30O3. The maximum absolute atomic E-state index is 12.5. The van der Waals surface area contributed by atoms with E-state index in [1.807, 2.05) is 0 Å². The van der Waals surface area contributed by atoms with Crippen molar-refractivity contribution in [2.75, 3.05) is 0 Å². The topological polar surface area (TPSA) is 57.5 Å². The summed E-state index contributed by atoms with van der Waals surface area (Å²) in [4.78, 5) is 12.5. The highest BCUT2D eigenvalue weighted by atomic mass is 16.3. The van der Waals surface area contributed by atoms with E-state index >= 15 is 0 Å². The molecule has 0 unspecified atom stereocenters. The van der Waals surface area contributed by atoms with Gasteiger partial charge in [-0.2, -0.15) is 0 Å². The van der Waals surface area contributed by atoms with Crippen LogP contribution in [0, 0.1) is 40.4 Å². The number of rotatable bonds is 0. The number of hydrogen-bond acceptors (Lipinski definition) is 3. The zero-order valence-corrected chi connectivity index (χ0v) is 14.4. The van der Waals surface area contributed by atoms with E-state index in [-0.39, 0.29) is 22.5 Å². The fourth-order valence-corrected chi connectivity index (χ4v) is 7.93. The maximum atomic E-state index is 12.5. The van der Waals surface area contributed by atoms with Gasteiger partial charge in [-0.15, -0.1) is 0 Å². The Morgan fingerprint density at radius 2 is 1.74 bits per heavy atom. The minimum atomic E-state index is -0.367. The molecule has 23 heavy (non-hydrogen) atoms. The van der Waals surface area contributed by atoms with Crippen molar-refractivity contribution in [3.8, 4) is 0 Å². The van der Waals surface area contributed by atoms with Gasteiger partial charge in [0.15, 0.2) is 0 Å². The molecule has 0 aromatic carbocycles. The van der Waals surface area contributed by atoms with Gasteiger partial charge in [0.05, 0.1) is 11.7 Å². The van der Waals surface area contributed by atoms with Crippen LogP contribution in [0.2, 0.25) is 0 Å². The first-order valence-electron chi connectivity index (χ1n) is 9.72. The number of ketones is 1. The second-order valence-corrected chi connectivity index (χ2v) is 10.1. The summed E-state index contributed by atoms with van der Waals surface area (Å²) in [6, 6.07) is 0. The molecule has 5 aliphatic rings. The Labute approximate surface area is 138 Å². The number of aliphatic hydroxyl groups is 2. The maximum Gasteiger partial charge on any atom is 0.139 e. The third-order valence-electron chi connectivity index (χ3n) is 9.19. The molecule has 2 N–H and O–H groups in total. The van der Waals surface area contributed by atoms with Crippen LogP contribution in [0.1, 0.15) is 65.2 Å². The van der Waals surface area contributed by atoms with E-state index in [9.17, 15) is 15.0 Å². The van der Waals surface area contributed by atoms with Gasteiger partial charge in [0, 0.05) is 11.8 Å². The highest BCUT2D eigenvalue weighted by Crippen LogP contribution is 2.70. The van der Waals surface area contributed by atoms with Gasteiger partial charge in [-0.25, -0.2) is 0 Å². The van der Waals surface area contributed by atoms with Crippen molar-refractivity contribution in [2.24, 2.45) is 40.4 Å². The lowest BCUT2D eigenvalue weighted by Crippen LogP contribution is -2.59. The zero-order chi connectivity index (χ0) is 16.2. The van der Waals surface area contributed by atoms with Crippen molar-refractivity contribution in [2.45, 2.75) is 76.9 Å². The summed E-state index contributed by atoms with van der Waals surface area (Å²) < 4.78 is 0. The molecule has 0 aromatic heterocycles. The first kappa shape index (κ1) is 14.9. The lowest BCUT2D eigenvalue weighted by molar-refractivity contribution is -0.176. The molecule has 3 heteroatoms. The predicted octanol–water partition coefficient (Wildman–Crippen LogP) is 2.93. The van der Waals surface area contributed by atoms with E-state index in [2.05, 4.69) is 13.8 Å². The van der Waals surface area contributed by atoms with E-state index in [1.165, 1.54) is 6.42 Å². The Bertz CT molecular complexity index is 573. The van der Waals surface area contributed by atoms with Gasteiger partial charge >= 0.3 is 0 Å². The summed E-state index contributed by atoms with van der Waals surface area (Å²) in [5.74, 6) is 2.77. The van der Waals surface area contributed by atoms with Crippen LogP contribution in [0.15, 0.2) is 0 Å². The average Bonchev–Trinajstić information content (AvgIpc) is 3.01. The van der Waals surface area contributed by atoms with Crippen molar-refractivity contribution in [3.05, 3.63) is 0 Å². The first-order chi connectivity index (χ1) is 10.8. The predicted molar refractivity (Wildman–Crippen MR) is 86.6 cm³/mol. The molecule has 5 saturated carbocycles. The fourth-order valence-electron chi connectivity index (χ4n) is 7.93. The van der Waals surface area contributed by atoms with Gasteiger partial charge in [0.25, 0.3) is 0 Å². The monoisotopic (exact) mass is 318 g/mol. The summed E-state index contributed by atoms with van der Waals surface area (Å²) in [6.45, 7) is 4.52. The number of fused-ring (bicyclic) bond motifs is 6. The Morgan fingerprint density at radius 1 is 1.00 bits per heavy atom. The molecule has 3 nitrogen and oxygen atoms in total. The summed E-state index contributed by atoms with van der Waals surface area (Å²) in [6.07, 6.45) is 7.45. The van der Waals surface area contributed by atoms with E-state index < -0.39 is 0 Å². The van der Waals surface area contributed by atoms with Crippen LogP contribution in [0.4, 0.5) is 0 Å². The van der Waals surface area contributed by atoms with Crippen LogP contribution in [0.25, 0.3) is 0 Å². The third-order valence-corrected chi connectivity index (χ3v) is 9.19. The minimum Gasteiger partial charge on any atom is -0.393 e. The Balaban J connectivity index is 1.52. The van der Waals surface area contributed by atoms with Crippen LogP contribution >= 0.6 is 0 Å². The van der Waals surface area contributed by atoms with Crippen molar-refractivity contribution in [1.29, 1.82) is 0 Å². The molecule has 9 atom stereocenters. The molecule has 5 aliphatic carbocycles. The van der Waals surface area contributed by atoms with Gasteiger partial charge in [-0.05, 0) is 80.0 Å². The number of Topliss-reactive ketones (excluding diaryl/α,β-unsaturated/α-hetero) is 1. The fraction of sp³-hybridized carbons (Fsp3) is 0.950. The molecule has 0 amide bonds. The van der Waals surface area contributed by atoms with Crippen LogP contribution in [-0.2, 0) is 4.79 Å². The number of hydrogen-bond donors (Lipinski definition) is 2. The molecule has 0 radical (unpaired) electrons. The standard InChI is InChI=1S/C20H30O3/c1-18-7-12-9-20(12,23)8-11(18)3-4-13-14-5-6-16(22)19(14,2)10-15(21)17(13)18/h11-15,17,21,23H,3-10H2,1-2H3/t11-,12-,13-,14-,15-,17+,18-,19-,20+/m0/s1. The van der Waals surface area contributed by atoms with Gasteiger partial charge in [0.2, 0.25) is 0 Å². The quantitative estimate of drug-likeness (QED) is 0.722. The SMILES string of the molecule is C[C@]12C[C@H]3C[C@]3(O)C[C@@H]1CC[C@@H]1[C@@H]2[C@@H](O)C[C@]2(C)C(=O)CC[C@@H]12. The van der Waals surface area contributed by atoms with Crippen LogP contribution in [-0.4, -0.2) is 27.7 Å². The highest BCUT2D eigenvalue weighted by Gasteiger charge is 2.68. The molecular weight excluding hydrogens is 288 g/mol. The van der Waals surface area contributed by atoms with Crippen molar-refractivity contribution >= 4 is 5.78 Å². The van der Waals surface area contributed by atoms with E-state index in [4.69, 9.17) is 0 Å². The summed E-state index contributed by atoms with van der Waals surface area (Å²) in [5, 5.41) is 21.7. The second-order valence-electron chi connectivity index (χ2n) is 10.1. The van der Waals surface area contributed by atoms with Crippen LogP contribution in [0.5, 0.6) is 0 Å². The number of aliphatic hydroxyl groups excluding tert-OH is 1. The lowest BCUT2D eigenvalue weighted by atomic mass is 9.44. The van der Waals surface area contributed by atoms with Crippen molar-refractivity contribution in [1.82, 2.24) is 0 Å². The summed E-state index contributed by atoms with van der Waals surface area (Å²) in [7, 11) is 0. The number of carbonyl (C=O) groups is 1. The molecule has 0 bridgehead atoms. The number of carbonyl (C=O) groups excluding carboxylic acids is 1. The zero-order valence-electron chi connectivity index (χ0n) is 14.4. The molecule has 128 valence electrons. The second kappa shape index (κ2) is 4.22. The Hall–Kier alpha value is -0.410.